The number of hydrogen-bond acceptors (Lipinski definition) is 4. The van der Waals surface area contributed by atoms with E-state index in [9.17, 15) is 0 Å². The summed E-state index contributed by atoms with van der Waals surface area (Å²) in [4.78, 5) is 4.98. The number of furan rings is 2. The molecule has 2 atom stereocenters. The van der Waals surface area contributed by atoms with Gasteiger partial charge in [-0.25, -0.2) is 0 Å². The van der Waals surface area contributed by atoms with Crippen LogP contribution in [0.5, 0.6) is 0 Å². The van der Waals surface area contributed by atoms with E-state index in [1.54, 1.807) is 0 Å². The van der Waals surface area contributed by atoms with Gasteiger partial charge in [0.25, 0.3) is 0 Å². The number of benzene rings is 7. The molecule has 0 N–H and O–H groups in total. The zero-order valence-corrected chi connectivity index (χ0v) is 38.5. The van der Waals surface area contributed by atoms with Crippen molar-refractivity contribution in [3.63, 3.8) is 0 Å². The van der Waals surface area contributed by atoms with Crippen LogP contribution in [0.4, 0.5) is 34.1 Å². The fraction of sp³-hybridized carbons (Fsp3) is 0.344. The molecule has 0 spiro atoms. The minimum atomic E-state index is -0.121. The van der Waals surface area contributed by atoms with Crippen molar-refractivity contribution in [3.05, 3.63) is 168 Å². The predicted molar refractivity (Wildman–Crippen MR) is 272 cm³/mol. The Morgan fingerprint density at radius 1 is 0.431 bits per heavy atom. The van der Waals surface area contributed by atoms with Gasteiger partial charge >= 0.3 is 0 Å². The van der Waals surface area contributed by atoms with Crippen molar-refractivity contribution in [2.75, 3.05) is 9.80 Å². The van der Waals surface area contributed by atoms with E-state index in [0.29, 0.717) is 0 Å². The van der Waals surface area contributed by atoms with Crippen LogP contribution < -0.4 is 9.80 Å². The Kier molecular flexibility index (Phi) is 11.7. The largest absolute Gasteiger partial charge is 0.456 e. The summed E-state index contributed by atoms with van der Waals surface area (Å²) in [5.41, 5.74) is 17.5. The van der Waals surface area contributed by atoms with E-state index in [0.717, 1.165) is 48.2 Å². The van der Waals surface area contributed by atoms with E-state index in [2.05, 4.69) is 169 Å². The number of hydrogen-bond donors (Lipinski definition) is 0. The summed E-state index contributed by atoms with van der Waals surface area (Å²) in [6.45, 7) is 4.65. The van der Waals surface area contributed by atoms with Crippen LogP contribution in [-0.2, 0) is 10.2 Å². The van der Waals surface area contributed by atoms with Crippen molar-refractivity contribution in [3.8, 4) is 11.1 Å². The third kappa shape index (κ3) is 7.72. The second-order valence-corrected chi connectivity index (χ2v) is 19.3. The lowest BCUT2D eigenvalue weighted by molar-refractivity contribution is 0.0717. The lowest BCUT2D eigenvalue weighted by Crippen LogP contribution is -2.26. The smallest absolute Gasteiger partial charge is 0.135 e. The van der Waals surface area contributed by atoms with Crippen molar-refractivity contribution in [2.24, 2.45) is 0 Å². The van der Waals surface area contributed by atoms with Crippen molar-refractivity contribution < 1.29 is 9.15 Å². The van der Waals surface area contributed by atoms with Crippen LogP contribution >= 0.6 is 0 Å². The first-order valence-corrected chi connectivity index (χ1v) is 25.2. The molecule has 6 aromatic carbocycles. The molecule has 8 aromatic rings. The van der Waals surface area contributed by atoms with E-state index in [1.807, 2.05) is 0 Å². The number of nitrogens with zero attached hydrogens (tertiary/aromatic N) is 2. The molecule has 4 heteroatoms. The van der Waals surface area contributed by atoms with Crippen molar-refractivity contribution in [1.82, 2.24) is 0 Å². The number of para-hydroxylation sites is 2. The fourth-order valence-electron chi connectivity index (χ4n) is 12.0. The van der Waals surface area contributed by atoms with Gasteiger partial charge in [0.15, 0.2) is 0 Å². The first-order chi connectivity index (χ1) is 32.1. The van der Waals surface area contributed by atoms with Crippen molar-refractivity contribution in [2.45, 2.75) is 134 Å². The Bertz CT molecular complexity index is 2860. The maximum atomic E-state index is 6.43. The molecular formula is C61H64N2O2. The van der Waals surface area contributed by atoms with Gasteiger partial charge in [0, 0.05) is 50.3 Å². The third-order valence-corrected chi connectivity index (χ3v) is 15.2. The molecule has 11 rings (SSSR count). The molecule has 4 bridgehead atoms. The van der Waals surface area contributed by atoms with Gasteiger partial charge < -0.3 is 19.0 Å². The van der Waals surface area contributed by atoms with Gasteiger partial charge in [0.2, 0.25) is 0 Å². The number of unbranched alkanes of at least 4 members (excludes halogenated alkanes) is 10. The first kappa shape index (κ1) is 41.8. The molecule has 2 aromatic heterocycles. The summed E-state index contributed by atoms with van der Waals surface area (Å²) < 4.78 is 12.6. The van der Waals surface area contributed by atoms with E-state index < -0.39 is 0 Å². The maximum Gasteiger partial charge on any atom is 0.135 e. The molecule has 1 saturated heterocycles. The molecule has 2 aliphatic heterocycles. The number of rotatable bonds is 20. The highest BCUT2D eigenvalue weighted by molar-refractivity contribution is 6.08. The van der Waals surface area contributed by atoms with Gasteiger partial charge in [-0.3, -0.25) is 0 Å². The molecule has 330 valence electrons. The van der Waals surface area contributed by atoms with Gasteiger partial charge in [-0.05, 0) is 150 Å². The van der Waals surface area contributed by atoms with Crippen LogP contribution in [0.2, 0.25) is 0 Å². The van der Waals surface area contributed by atoms with Crippen LogP contribution in [0.15, 0.2) is 150 Å². The van der Waals surface area contributed by atoms with Crippen molar-refractivity contribution in [1.29, 1.82) is 0 Å². The van der Waals surface area contributed by atoms with Gasteiger partial charge in [0.1, 0.15) is 11.2 Å². The van der Waals surface area contributed by atoms with Gasteiger partial charge in [-0.15, -0.1) is 0 Å². The summed E-state index contributed by atoms with van der Waals surface area (Å²) in [6, 6.07) is 55.1. The van der Waals surface area contributed by atoms with Crippen LogP contribution in [0, 0.1) is 0 Å². The quantitative estimate of drug-likeness (QED) is 0.0714. The van der Waals surface area contributed by atoms with E-state index in [1.165, 1.54) is 144 Å². The molecule has 2 unspecified atom stereocenters. The highest BCUT2D eigenvalue weighted by Crippen LogP contribution is 2.58. The monoisotopic (exact) mass is 856 g/mol. The molecular weight excluding hydrogens is 793 g/mol. The highest BCUT2D eigenvalue weighted by atomic mass is 16.5. The van der Waals surface area contributed by atoms with E-state index in [-0.39, 0.29) is 17.6 Å². The van der Waals surface area contributed by atoms with Crippen LogP contribution in [-0.4, -0.2) is 0 Å². The lowest BCUT2D eigenvalue weighted by Gasteiger charge is -2.35. The normalized spacial score (nSPS) is 16.6. The van der Waals surface area contributed by atoms with Crippen molar-refractivity contribution >= 4 is 56.1 Å². The number of anilines is 6. The SMILES string of the molecule is CCCCCCCCC1(CCCCCCCC)c2cc(N(c3ccccc3)c3ccc4c(c3)C3CCC4O3)ccc2-c2ccc(N(c3ccccc3)c3ccc4c5ccc(o5)c4c3)cc21. The fourth-order valence-corrected chi connectivity index (χ4v) is 12.0. The Morgan fingerprint density at radius 3 is 1.49 bits per heavy atom. The standard InChI is InChI=1S/C61H64N2O2/c1-3-5-7-9-11-19-37-61(38-20-12-10-8-6-4-2)55-41-47(62(43-21-15-13-16-22-43)45-27-31-51-53(39-45)59-35-33-57(51)64-59)25-29-49(55)50-30-26-48(42-56(50)61)63(44-23-17-14-18-24-44)46-28-32-52-54(40-46)60-36-34-58(52)65-60/h13-18,21-33,35,39-42,58,60H,3-12,19-20,34,36-38H2,1-2H3. The summed E-state index contributed by atoms with van der Waals surface area (Å²) >= 11 is 0. The molecule has 1 fully saturated rings. The predicted octanol–water partition coefficient (Wildman–Crippen LogP) is 18.6. The van der Waals surface area contributed by atoms with E-state index >= 15 is 0 Å². The molecule has 4 heterocycles. The zero-order valence-electron chi connectivity index (χ0n) is 38.5. The molecule has 0 saturated carbocycles. The topological polar surface area (TPSA) is 28.9 Å². The Labute approximate surface area is 386 Å². The molecule has 0 radical (unpaired) electrons. The molecule has 1 aliphatic carbocycles. The zero-order chi connectivity index (χ0) is 43.7. The Balaban J connectivity index is 1.05. The lowest BCUT2D eigenvalue weighted by atomic mass is 9.70. The average molecular weight is 857 g/mol. The van der Waals surface area contributed by atoms with Gasteiger partial charge in [-0.1, -0.05) is 145 Å². The minimum absolute atomic E-state index is 0.121. The van der Waals surface area contributed by atoms with Gasteiger partial charge in [-0.2, -0.15) is 0 Å². The molecule has 0 amide bonds. The summed E-state index contributed by atoms with van der Waals surface area (Å²) in [7, 11) is 0. The van der Waals surface area contributed by atoms with E-state index in [4.69, 9.17) is 9.15 Å². The Morgan fingerprint density at radius 2 is 0.908 bits per heavy atom. The summed E-state index contributed by atoms with van der Waals surface area (Å²) in [5, 5.41) is 2.36. The molecule has 65 heavy (non-hydrogen) atoms. The summed E-state index contributed by atoms with van der Waals surface area (Å²) in [5.74, 6) is 0. The second-order valence-electron chi connectivity index (χ2n) is 19.3. The van der Waals surface area contributed by atoms with Crippen LogP contribution in [0.25, 0.3) is 33.1 Å². The second kappa shape index (κ2) is 18.2. The third-order valence-electron chi connectivity index (χ3n) is 15.2. The van der Waals surface area contributed by atoms with Crippen LogP contribution in [0.3, 0.4) is 0 Å². The first-order valence-electron chi connectivity index (χ1n) is 25.2. The molecule has 3 aliphatic rings. The molecule has 4 nitrogen and oxygen atoms in total. The summed E-state index contributed by atoms with van der Waals surface area (Å²) in [6.07, 6.45) is 20.5. The van der Waals surface area contributed by atoms with Gasteiger partial charge in [0.05, 0.1) is 12.2 Å². The average Bonchev–Trinajstić information content (AvgIpc) is 4.21. The Hall–Kier alpha value is -5.84. The highest BCUT2D eigenvalue weighted by Gasteiger charge is 2.44. The number of fused-ring (bicyclic) bond motifs is 13. The van der Waals surface area contributed by atoms with Crippen LogP contribution in [0.1, 0.15) is 151 Å². The number of ether oxygens (including phenoxy) is 1. The maximum absolute atomic E-state index is 6.43. The minimum Gasteiger partial charge on any atom is -0.456 e.